The number of aryl methyl sites for hydroxylation is 1. The van der Waals surface area contributed by atoms with Crippen molar-refractivity contribution in [3.05, 3.63) is 88.9 Å². The summed E-state index contributed by atoms with van der Waals surface area (Å²) in [6.45, 7) is 3.22. The van der Waals surface area contributed by atoms with Crippen LogP contribution in [0.15, 0.2) is 54.7 Å². The number of nitrogens with zero attached hydrogens (tertiary/aromatic N) is 2. The highest BCUT2D eigenvalue weighted by Crippen LogP contribution is 2.30. The van der Waals surface area contributed by atoms with Crippen molar-refractivity contribution in [3.63, 3.8) is 0 Å². The lowest BCUT2D eigenvalue weighted by Crippen LogP contribution is -2.16. The Morgan fingerprint density at radius 2 is 1.92 bits per heavy atom. The summed E-state index contributed by atoms with van der Waals surface area (Å²) in [4.78, 5) is 4.45. The van der Waals surface area contributed by atoms with E-state index in [0.717, 1.165) is 44.6 Å². The smallest absolute Gasteiger partial charge is 0.134 e. The van der Waals surface area contributed by atoms with E-state index in [0.29, 0.717) is 33.8 Å². The first kappa shape index (κ1) is 25.0. The first-order valence-corrected chi connectivity index (χ1v) is 12.5. The summed E-state index contributed by atoms with van der Waals surface area (Å²) in [5.74, 6) is -0.767. The zero-order valence-electron chi connectivity index (χ0n) is 20.5. The number of nitrogens with one attached hydrogen (secondary N) is 1. The van der Waals surface area contributed by atoms with Gasteiger partial charge in [0.1, 0.15) is 29.3 Å². The monoisotopic (exact) mass is 507 g/mol. The topological polar surface area (TPSA) is 60.0 Å². The molecule has 0 spiro atoms. The molecular weight excluding hydrogens is 479 g/mol. The van der Waals surface area contributed by atoms with Crippen LogP contribution in [-0.4, -0.2) is 28.4 Å². The number of benzene rings is 2. The molecule has 1 fully saturated rings. The first-order valence-electron chi connectivity index (χ1n) is 12.5. The Kier molecular flexibility index (Phi) is 7.55. The molecule has 1 aliphatic heterocycles. The van der Waals surface area contributed by atoms with Gasteiger partial charge in [0.2, 0.25) is 0 Å². The molecule has 0 radical (unpaired) electrons. The van der Waals surface area contributed by atoms with Crippen molar-refractivity contribution in [2.75, 3.05) is 13.2 Å². The van der Waals surface area contributed by atoms with Crippen LogP contribution in [0.25, 0.3) is 22.8 Å². The molecule has 0 amide bonds. The fourth-order valence-electron chi connectivity index (χ4n) is 4.67. The molecule has 3 heterocycles. The van der Waals surface area contributed by atoms with Crippen molar-refractivity contribution in [2.45, 2.75) is 38.7 Å². The zero-order chi connectivity index (χ0) is 25.8. The molecule has 1 N–H and O–H groups in total. The summed E-state index contributed by atoms with van der Waals surface area (Å²) in [7, 11) is 0. The lowest BCUT2D eigenvalue weighted by Gasteiger charge is -2.21. The second-order valence-corrected chi connectivity index (χ2v) is 9.34. The minimum absolute atomic E-state index is 0.148. The van der Waals surface area contributed by atoms with Gasteiger partial charge in [-0.25, -0.2) is 13.2 Å². The van der Waals surface area contributed by atoms with E-state index in [4.69, 9.17) is 9.47 Å². The van der Waals surface area contributed by atoms with Crippen LogP contribution in [0.4, 0.5) is 13.2 Å². The molecule has 192 valence electrons. The van der Waals surface area contributed by atoms with E-state index in [1.54, 1.807) is 37.4 Å². The number of H-pyrrole nitrogens is 1. The maximum Gasteiger partial charge on any atom is 0.134 e. The van der Waals surface area contributed by atoms with Crippen LogP contribution in [0.3, 0.4) is 0 Å². The molecule has 1 unspecified atom stereocenters. The third-order valence-corrected chi connectivity index (χ3v) is 6.80. The van der Waals surface area contributed by atoms with E-state index < -0.39 is 23.6 Å². The third-order valence-electron chi connectivity index (χ3n) is 6.80. The largest absolute Gasteiger partial charge is 0.486 e. The average molecular weight is 508 g/mol. The lowest BCUT2D eigenvalue weighted by molar-refractivity contribution is 0.0639. The molecule has 2 aromatic carbocycles. The Hall–Kier alpha value is -3.65. The van der Waals surface area contributed by atoms with Crippen LogP contribution in [0.5, 0.6) is 5.75 Å². The van der Waals surface area contributed by atoms with Crippen LogP contribution in [-0.2, 0) is 11.2 Å². The third kappa shape index (κ3) is 5.85. The van der Waals surface area contributed by atoms with Gasteiger partial charge < -0.3 is 9.47 Å². The predicted molar refractivity (Wildman–Crippen MR) is 137 cm³/mol. The van der Waals surface area contributed by atoms with Crippen molar-refractivity contribution < 1.29 is 22.6 Å². The molecule has 2 aromatic heterocycles. The second kappa shape index (κ2) is 11.2. The van der Waals surface area contributed by atoms with E-state index in [9.17, 15) is 8.78 Å². The molecule has 1 aliphatic rings. The summed E-state index contributed by atoms with van der Waals surface area (Å²) < 4.78 is 54.6. The molecule has 4 aromatic rings. The van der Waals surface area contributed by atoms with Crippen molar-refractivity contribution in [1.82, 2.24) is 15.2 Å². The van der Waals surface area contributed by atoms with Crippen molar-refractivity contribution in [3.8, 4) is 5.75 Å². The van der Waals surface area contributed by atoms with Crippen molar-refractivity contribution in [2.24, 2.45) is 5.92 Å². The SMILES string of the molecule is CC(Oc1ccc2n[nH]c(/C=C(\F)c3ccc(CCC4CCOCC4)nc3)c2c1)c1c(F)cccc1F. The van der Waals surface area contributed by atoms with Gasteiger partial charge in [0.25, 0.3) is 0 Å². The highest BCUT2D eigenvalue weighted by Gasteiger charge is 2.18. The number of halogens is 3. The molecule has 0 bridgehead atoms. The summed E-state index contributed by atoms with van der Waals surface area (Å²) in [5.41, 5.74) is 2.22. The standard InChI is InChI=1S/C29H28F3N3O2/c1-18(29-24(30)3-2-4-25(29)31)37-22-9-10-27-23(15-22)28(35-34-27)16-26(32)20-6-8-21(33-17-20)7-5-19-11-13-36-14-12-19/h2-4,6,8-10,15-19H,5,7,11-14H2,1H3,(H,34,35)/b26-16-. The van der Waals surface area contributed by atoms with Crippen molar-refractivity contribution in [1.29, 1.82) is 0 Å². The number of aromatic nitrogens is 3. The number of aromatic amines is 1. The molecule has 5 nitrogen and oxygen atoms in total. The number of rotatable bonds is 8. The van der Waals surface area contributed by atoms with Gasteiger partial charge in [-0.15, -0.1) is 0 Å². The molecule has 5 rings (SSSR count). The molecule has 0 saturated carbocycles. The van der Waals surface area contributed by atoms with Gasteiger partial charge in [0.05, 0.1) is 16.8 Å². The van der Waals surface area contributed by atoms with E-state index in [1.807, 2.05) is 6.07 Å². The normalized spacial score (nSPS) is 15.7. The van der Waals surface area contributed by atoms with Crippen LogP contribution >= 0.6 is 0 Å². The second-order valence-electron chi connectivity index (χ2n) is 9.34. The van der Waals surface area contributed by atoms with Crippen LogP contribution in [0, 0.1) is 17.6 Å². The minimum atomic E-state index is -0.864. The first-order chi connectivity index (χ1) is 18.0. The van der Waals surface area contributed by atoms with E-state index in [2.05, 4.69) is 15.2 Å². The molecule has 1 atom stereocenters. The highest BCUT2D eigenvalue weighted by atomic mass is 19.1. The lowest BCUT2D eigenvalue weighted by atomic mass is 9.94. The van der Waals surface area contributed by atoms with Gasteiger partial charge in [0.15, 0.2) is 0 Å². The van der Waals surface area contributed by atoms with Gasteiger partial charge in [-0.2, -0.15) is 5.10 Å². The number of hydrogen-bond acceptors (Lipinski definition) is 4. The Balaban J connectivity index is 1.30. The highest BCUT2D eigenvalue weighted by molar-refractivity contribution is 5.91. The van der Waals surface area contributed by atoms with Crippen LogP contribution in [0.1, 0.15) is 54.8 Å². The molecule has 8 heteroatoms. The molecule has 1 saturated heterocycles. The molecule has 0 aliphatic carbocycles. The average Bonchev–Trinajstić information content (AvgIpc) is 3.30. The maximum absolute atomic E-state index is 15.1. The Morgan fingerprint density at radius 1 is 1.14 bits per heavy atom. The van der Waals surface area contributed by atoms with Gasteiger partial charge in [-0.05, 0) is 81.0 Å². The quantitative estimate of drug-likeness (QED) is 0.274. The van der Waals surface area contributed by atoms with Gasteiger partial charge in [-0.3, -0.25) is 10.1 Å². The number of hydrogen-bond donors (Lipinski definition) is 1. The molecule has 37 heavy (non-hydrogen) atoms. The number of fused-ring (bicyclic) bond motifs is 1. The van der Waals surface area contributed by atoms with Gasteiger partial charge in [-0.1, -0.05) is 6.07 Å². The van der Waals surface area contributed by atoms with Crippen molar-refractivity contribution >= 4 is 22.8 Å². The summed E-state index contributed by atoms with van der Waals surface area (Å²) in [5, 5.41) is 7.68. The van der Waals surface area contributed by atoms with Crippen LogP contribution < -0.4 is 4.74 Å². The summed E-state index contributed by atoms with van der Waals surface area (Å²) in [6.07, 6.45) is 6.12. The number of ether oxygens (including phenoxy) is 2. The zero-order valence-corrected chi connectivity index (χ0v) is 20.5. The predicted octanol–water partition coefficient (Wildman–Crippen LogP) is 7.20. The maximum atomic E-state index is 15.1. The van der Waals surface area contributed by atoms with E-state index in [-0.39, 0.29) is 5.56 Å². The number of pyridine rings is 1. The fraction of sp³-hybridized carbons (Fsp3) is 0.310. The molecular formula is C29H28F3N3O2. The fourth-order valence-corrected chi connectivity index (χ4v) is 4.67. The Morgan fingerprint density at radius 3 is 2.65 bits per heavy atom. The van der Waals surface area contributed by atoms with E-state index in [1.165, 1.54) is 24.3 Å². The van der Waals surface area contributed by atoms with Gasteiger partial charge in [0, 0.05) is 42.1 Å². The van der Waals surface area contributed by atoms with E-state index >= 15 is 4.39 Å². The summed E-state index contributed by atoms with van der Waals surface area (Å²) >= 11 is 0. The minimum Gasteiger partial charge on any atom is -0.486 e. The summed E-state index contributed by atoms with van der Waals surface area (Å²) in [6, 6.07) is 12.3. The van der Waals surface area contributed by atoms with Crippen LogP contribution in [0.2, 0.25) is 0 Å². The van der Waals surface area contributed by atoms with Gasteiger partial charge >= 0.3 is 0 Å². The Labute approximate surface area is 213 Å². The Bertz CT molecular complexity index is 1380.